The number of aromatic carboxylic acids is 1. The number of nitrogens with one attached hydrogen (secondary N) is 1. The van der Waals surface area contributed by atoms with Gasteiger partial charge >= 0.3 is 5.97 Å². The third-order valence-electron chi connectivity index (χ3n) is 4.99. The van der Waals surface area contributed by atoms with E-state index in [0.29, 0.717) is 5.39 Å². The molecule has 0 aliphatic carbocycles. The van der Waals surface area contributed by atoms with E-state index in [4.69, 9.17) is 0 Å². The molecule has 6 heteroatoms. The number of hydrogen-bond acceptors (Lipinski definition) is 4. The van der Waals surface area contributed by atoms with Gasteiger partial charge < -0.3 is 19.9 Å². The molecule has 1 aliphatic rings. The van der Waals surface area contributed by atoms with Gasteiger partial charge in [0.25, 0.3) is 0 Å². The van der Waals surface area contributed by atoms with Gasteiger partial charge in [0.15, 0.2) is 0 Å². The summed E-state index contributed by atoms with van der Waals surface area (Å²) >= 11 is 0. The second kappa shape index (κ2) is 5.59. The molecule has 1 aromatic heterocycles. The predicted octanol–water partition coefficient (Wildman–Crippen LogP) is 2.25. The first kappa shape index (κ1) is 17.5. The number of carboxylic acid groups (broad SMARTS) is 1. The Labute approximate surface area is 147 Å². The molecule has 6 nitrogen and oxygen atoms in total. The van der Waals surface area contributed by atoms with Crippen LogP contribution in [0.3, 0.4) is 0 Å². The lowest BCUT2D eigenvalue weighted by Gasteiger charge is -2.49. The molecule has 3 rings (SSSR count). The fourth-order valence-corrected chi connectivity index (χ4v) is 3.35. The molecule has 2 aromatic rings. The average molecular weight is 343 g/mol. The van der Waals surface area contributed by atoms with Crippen LogP contribution in [-0.2, 0) is 5.54 Å². The van der Waals surface area contributed by atoms with Gasteiger partial charge in [0.2, 0.25) is 5.43 Å². The Morgan fingerprint density at radius 3 is 2.44 bits per heavy atom. The topological polar surface area (TPSA) is 74.6 Å². The zero-order chi connectivity index (χ0) is 18.6. The van der Waals surface area contributed by atoms with E-state index in [0.717, 1.165) is 24.3 Å². The van der Waals surface area contributed by atoms with Crippen LogP contribution in [0.1, 0.15) is 38.1 Å². The van der Waals surface area contributed by atoms with Crippen LogP contribution in [-0.4, -0.2) is 41.3 Å². The first-order valence-corrected chi connectivity index (χ1v) is 8.43. The Morgan fingerprint density at radius 1 is 1.28 bits per heavy atom. The lowest BCUT2D eigenvalue weighted by Crippen LogP contribution is -2.66. The van der Waals surface area contributed by atoms with E-state index in [1.165, 1.54) is 6.20 Å². The number of carboxylic acids is 1. The molecule has 1 aromatic carbocycles. The highest BCUT2D eigenvalue weighted by Gasteiger charge is 2.37. The standard InChI is InChI=1S/C19H25N3O3/c1-18(2,3)22-9-14(17(24)25)16(23)13-7-6-12(8-15(13)22)21-10-19(4,11-21)20-5/h6-9,20H,10-11H2,1-5H3,(H,24,25). The highest BCUT2D eigenvalue weighted by molar-refractivity contribution is 5.93. The van der Waals surface area contributed by atoms with Crippen LogP contribution in [0, 0.1) is 0 Å². The molecule has 25 heavy (non-hydrogen) atoms. The van der Waals surface area contributed by atoms with Crippen molar-refractivity contribution in [2.24, 2.45) is 0 Å². The maximum absolute atomic E-state index is 12.5. The Kier molecular flexibility index (Phi) is 3.91. The zero-order valence-corrected chi connectivity index (χ0v) is 15.4. The maximum atomic E-state index is 12.5. The smallest absolute Gasteiger partial charge is 0.341 e. The number of likely N-dealkylation sites (N-methyl/N-ethyl adjacent to an activating group) is 1. The fourth-order valence-electron chi connectivity index (χ4n) is 3.35. The van der Waals surface area contributed by atoms with Gasteiger partial charge in [-0.25, -0.2) is 4.79 Å². The van der Waals surface area contributed by atoms with Crippen LogP contribution >= 0.6 is 0 Å². The molecule has 2 N–H and O–H groups in total. The summed E-state index contributed by atoms with van der Waals surface area (Å²) in [6.45, 7) is 9.95. The largest absolute Gasteiger partial charge is 0.477 e. The van der Waals surface area contributed by atoms with Crippen molar-refractivity contribution in [3.8, 4) is 0 Å². The molecule has 0 saturated carbocycles. The minimum Gasteiger partial charge on any atom is -0.477 e. The predicted molar refractivity (Wildman–Crippen MR) is 99.8 cm³/mol. The van der Waals surface area contributed by atoms with E-state index in [-0.39, 0.29) is 16.6 Å². The van der Waals surface area contributed by atoms with Crippen LogP contribution in [0.5, 0.6) is 0 Å². The monoisotopic (exact) mass is 343 g/mol. The lowest BCUT2D eigenvalue weighted by atomic mass is 9.91. The average Bonchev–Trinajstić information content (AvgIpc) is 2.50. The molecule has 0 amide bonds. The summed E-state index contributed by atoms with van der Waals surface area (Å²) in [6, 6.07) is 5.64. The molecule has 2 heterocycles. The summed E-state index contributed by atoms with van der Waals surface area (Å²) in [6.07, 6.45) is 1.46. The first-order chi connectivity index (χ1) is 11.6. The van der Waals surface area contributed by atoms with Crippen molar-refractivity contribution < 1.29 is 9.90 Å². The number of pyridine rings is 1. The molecule has 0 bridgehead atoms. The zero-order valence-electron chi connectivity index (χ0n) is 15.4. The highest BCUT2D eigenvalue weighted by atomic mass is 16.4. The Hall–Kier alpha value is -2.34. The van der Waals surface area contributed by atoms with Gasteiger partial charge in [-0.2, -0.15) is 0 Å². The summed E-state index contributed by atoms with van der Waals surface area (Å²) in [5.41, 5.74) is 0.938. The number of rotatable bonds is 3. The summed E-state index contributed by atoms with van der Waals surface area (Å²) < 4.78 is 1.88. The molecule has 1 saturated heterocycles. The van der Waals surface area contributed by atoms with Crippen molar-refractivity contribution in [3.05, 3.63) is 40.2 Å². The van der Waals surface area contributed by atoms with Crippen LogP contribution < -0.4 is 15.6 Å². The van der Waals surface area contributed by atoms with E-state index in [2.05, 4.69) is 17.1 Å². The van der Waals surface area contributed by atoms with Crippen LogP contribution in [0.4, 0.5) is 5.69 Å². The molecule has 0 radical (unpaired) electrons. The van der Waals surface area contributed by atoms with Gasteiger partial charge in [-0.05, 0) is 52.9 Å². The quantitative estimate of drug-likeness (QED) is 0.894. The Morgan fingerprint density at radius 2 is 1.92 bits per heavy atom. The summed E-state index contributed by atoms with van der Waals surface area (Å²) in [7, 11) is 1.96. The third kappa shape index (κ3) is 2.91. The molecule has 0 unspecified atom stereocenters. The number of fused-ring (bicyclic) bond motifs is 1. The number of anilines is 1. The van der Waals surface area contributed by atoms with E-state index >= 15 is 0 Å². The number of nitrogens with zero attached hydrogens (tertiary/aromatic N) is 2. The van der Waals surface area contributed by atoms with Crippen molar-refractivity contribution in [3.63, 3.8) is 0 Å². The van der Waals surface area contributed by atoms with Gasteiger partial charge in [-0.3, -0.25) is 4.79 Å². The van der Waals surface area contributed by atoms with Gasteiger partial charge in [-0.15, -0.1) is 0 Å². The van der Waals surface area contributed by atoms with Crippen LogP contribution in [0.25, 0.3) is 10.9 Å². The summed E-state index contributed by atoms with van der Waals surface area (Å²) in [5, 5.41) is 13.1. The van der Waals surface area contributed by atoms with Crippen molar-refractivity contribution in [1.29, 1.82) is 0 Å². The SMILES string of the molecule is CNC1(C)CN(c2ccc3c(=O)c(C(=O)O)cn(C(C)(C)C)c3c2)C1. The molecule has 1 fully saturated rings. The van der Waals surface area contributed by atoms with Crippen molar-refractivity contribution in [2.45, 2.75) is 38.8 Å². The molecule has 0 spiro atoms. The minimum atomic E-state index is -1.19. The second-order valence-electron chi connectivity index (χ2n) is 8.09. The highest BCUT2D eigenvalue weighted by Crippen LogP contribution is 2.31. The third-order valence-corrected chi connectivity index (χ3v) is 4.99. The van der Waals surface area contributed by atoms with Crippen molar-refractivity contribution in [1.82, 2.24) is 9.88 Å². The molecule has 0 atom stereocenters. The lowest BCUT2D eigenvalue weighted by molar-refractivity contribution is 0.0694. The van der Waals surface area contributed by atoms with E-state index < -0.39 is 11.4 Å². The van der Waals surface area contributed by atoms with Gasteiger partial charge in [0.1, 0.15) is 5.56 Å². The van der Waals surface area contributed by atoms with E-state index in [9.17, 15) is 14.7 Å². The minimum absolute atomic E-state index is 0.103. The molecular formula is C19H25N3O3. The molecular weight excluding hydrogens is 318 g/mol. The van der Waals surface area contributed by atoms with Gasteiger partial charge in [-0.1, -0.05) is 0 Å². The molecule has 134 valence electrons. The second-order valence-corrected chi connectivity index (χ2v) is 8.09. The maximum Gasteiger partial charge on any atom is 0.341 e. The number of hydrogen-bond donors (Lipinski definition) is 2. The Bertz CT molecular complexity index is 902. The van der Waals surface area contributed by atoms with Gasteiger partial charge in [0.05, 0.1) is 11.1 Å². The van der Waals surface area contributed by atoms with E-state index in [1.54, 1.807) is 6.07 Å². The van der Waals surface area contributed by atoms with Crippen molar-refractivity contribution >= 4 is 22.6 Å². The van der Waals surface area contributed by atoms with Gasteiger partial charge in [0, 0.05) is 35.9 Å². The normalized spacial score (nSPS) is 16.8. The number of aromatic nitrogens is 1. The number of benzene rings is 1. The Balaban J connectivity index is 2.17. The first-order valence-electron chi connectivity index (χ1n) is 8.43. The summed E-state index contributed by atoms with van der Waals surface area (Å²) in [5.74, 6) is -1.19. The number of carbonyl (C=O) groups is 1. The fraction of sp³-hybridized carbons (Fsp3) is 0.474. The van der Waals surface area contributed by atoms with Crippen LogP contribution in [0.2, 0.25) is 0 Å². The summed E-state index contributed by atoms with van der Waals surface area (Å²) in [4.78, 5) is 26.2. The molecule has 1 aliphatic heterocycles. The van der Waals surface area contributed by atoms with Crippen LogP contribution in [0.15, 0.2) is 29.2 Å². The van der Waals surface area contributed by atoms with E-state index in [1.807, 2.05) is 44.5 Å². The van der Waals surface area contributed by atoms with Crippen molar-refractivity contribution in [2.75, 3.05) is 25.0 Å².